The molecule has 1 aliphatic rings. The predicted molar refractivity (Wildman–Crippen MR) is 79.2 cm³/mol. The van der Waals surface area contributed by atoms with Crippen molar-refractivity contribution in [1.29, 1.82) is 0 Å². The lowest BCUT2D eigenvalue weighted by atomic mass is 10.2. The summed E-state index contributed by atoms with van der Waals surface area (Å²) in [4.78, 5) is 11.0. The number of thioether (sulfide) groups is 1. The van der Waals surface area contributed by atoms with E-state index in [1.807, 2.05) is 0 Å². The van der Waals surface area contributed by atoms with Crippen LogP contribution in [0.1, 0.15) is 5.56 Å². The third-order valence-electron chi connectivity index (χ3n) is 2.67. The van der Waals surface area contributed by atoms with Crippen molar-refractivity contribution in [2.75, 3.05) is 5.75 Å². The summed E-state index contributed by atoms with van der Waals surface area (Å²) >= 11 is 1.27. The molecule has 1 aliphatic heterocycles. The monoisotopic (exact) mass is 303 g/mol. The second-order valence-corrected chi connectivity index (χ2v) is 5.10. The smallest absolute Gasteiger partial charge is 0.236 e. The molecule has 0 spiro atoms. The normalized spacial score (nSPS) is 16.8. The zero-order valence-corrected chi connectivity index (χ0v) is 11.5. The van der Waals surface area contributed by atoms with Crippen LogP contribution in [0.5, 0.6) is 0 Å². The molecule has 2 aromatic rings. The van der Waals surface area contributed by atoms with E-state index in [4.69, 9.17) is 0 Å². The van der Waals surface area contributed by atoms with Gasteiger partial charge in [0.05, 0.1) is 17.7 Å². The van der Waals surface area contributed by atoms with E-state index in [0.717, 1.165) is 0 Å². The third-order valence-corrected chi connectivity index (χ3v) is 3.54. The number of halogens is 1. The third kappa shape index (κ3) is 3.16. The Balaban J connectivity index is 1.88. The van der Waals surface area contributed by atoms with Crippen molar-refractivity contribution < 1.29 is 9.18 Å². The maximum absolute atomic E-state index is 13.4. The molecule has 2 heterocycles. The average molecular weight is 303 g/mol. The first-order valence-electron chi connectivity index (χ1n) is 6.05. The van der Waals surface area contributed by atoms with E-state index in [0.29, 0.717) is 22.2 Å². The number of carbonyl (C=O) groups is 1. The fourth-order valence-corrected chi connectivity index (χ4v) is 2.40. The van der Waals surface area contributed by atoms with Gasteiger partial charge in [0.1, 0.15) is 5.82 Å². The van der Waals surface area contributed by atoms with E-state index in [-0.39, 0.29) is 11.7 Å². The number of carbonyl (C=O) groups excluding carboxylic acids is 1. The van der Waals surface area contributed by atoms with E-state index in [9.17, 15) is 9.18 Å². The van der Waals surface area contributed by atoms with Gasteiger partial charge in [0.25, 0.3) is 0 Å². The van der Waals surface area contributed by atoms with Gasteiger partial charge in [-0.2, -0.15) is 10.2 Å². The molecule has 0 unspecified atom stereocenters. The van der Waals surface area contributed by atoms with Gasteiger partial charge in [-0.05, 0) is 24.3 Å². The summed E-state index contributed by atoms with van der Waals surface area (Å²) in [7, 11) is 0. The molecule has 6 nitrogen and oxygen atoms in total. The molecule has 1 aromatic carbocycles. The fourth-order valence-electron chi connectivity index (χ4n) is 1.77. The van der Waals surface area contributed by atoms with Crippen LogP contribution >= 0.6 is 11.8 Å². The summed E-state index contributed by atoms with van der Waals surface area (Å²) in [5.74, 6) is -0.132. The van der Waals surface area contributed by atoms with Crippen LogP contribution < -0.4 is 5.32 Å². The van der Waals surface area contributed by atoms with Gasteiger partial charge in [0, 0.05) is 18.0 Å². The predicted octanol–water partition coefficient (Wildman–Crippen LogP) is 1.56. The lowest BCUT2D eigenvalue weighted by molar-refractivity contribution is -0.116. The second kappa shape index (κ2) is 5.88. The van der Waals surface area contributed by atoms with Crippen LogP contribution in [0, 0.1) is 5.82 Å². The minimum absolute atomic E-state index is 0.100. The molecule has 1 fully saturated rings. The molecule has 0 saturated carbocycles. The maximum Gasteiger partial charge on any atom is 0.236 e. The Bertz CT molecular complexity index is 726. The van der Waals surface area contributed by atoms with Gasteiger partial charge in [0.15, 0.2) is 5.17 Å². The van der Waals surface area contributed by atoms with Gasteiger partial charge in [-0.3, -0.25) is 4.79 Å². The Hall–Kier alpha value is -2.48. The molecule has 8 heteroatoms. The number of amidine groups is 1. The minimum atomic E-state index is -0.372. The molecule has 21 heavy (non-hydrogen) atoms. The van der Waals surface area contributed by atoms with Gasteiger partial charge in [-0.25, -0.2) is 9.07 Å². The summed E-state index contributed by atoms with van der Waals surface area (Å²) in [5.41, 5.74) is 1.23. The van der Waals surface area contributed by atoms with Gasteiger partial charge >= 0.3 is 0 Å². The zero-order chi connectivity index (χ0) is 14.7. The van der Waals surface area contributed by atoms with Crippen LogP contribution in [0.2, 0.25) is 0 Å². The quantitative estimate of drug-likeness (QED) is 0.691. The lowest BCUT2D eigenvalue weighted by Gasteiger charge is -2.05. The number of hydrogen-bond acceptors (Lipinski definition) is 5. The summed E-state index contributed by atoms with van der Waals surface area (Å²) in [6.07, 6.45) is 4.82. The first kappa shape index (κ1) is 13.5. The molecule has 1 aromatic heterocycles. The highest BCUT2D eigenvalue weighted by Crippen LogP contribution is 2.14. The molecule has 1 saturated heterocycles. The molecule has 1 amide bonds. The van der Waals surface area contributed by atoms with Crippen molar-refractivity contribution in [3.63, 3.8) is 0 Å². The number of rotatable bonds is 3. The first-order chi connectivity index (χ1) is 10.2. The summed E-state index contributed by atoms with van der Waals surface area (Å²) in [6, 6.07) is 6.09. The van der Waals surface area contributed by atoms with Gasteiger partial charge in [-0.1, -0.05) is 11.8 Å². The van der Waals surface area contributed by atoms with Crippen molar-refractivity contribution in [3.05, 3.63) is 48.0 Å². The van der Waals surface area contributed by atoms with E-state index in [1.54, 1.807) is 29.2 Å². The average Bonchev–Trinajstić information content (AvgIpc) is 3.11. The van der Waals surface area contributed by atoms with Crippen LogP contribution in [-0.4, -0.2) is 32.8 Å². The Morgan fingerprint density at radius 3 is 3.10 bits per heavy atom. The standard InChI is InChI=1S/C13H10FN5OS/c14-10-2-3-11(19-5-1-4-16-19)9(6-10)7-15-18-13-17-12(20)8-21-13/h1-7H,8H2,(H,17,18,20). The number of nitrogens with zero attached hydrogens (tertiary/aromatic N) is 4. The molecule has 3 rings (SSSR count). The zero-order valence-electron chi connectivity index (χ0n) is 10.7. The van der Waals surface area contributed by atoms with Crippen molar-refractivity contribution in [2.24, 2.45) is 10.2 Å². The van der Waals surface area contributed by atoms with E-state index in [1.165, 1.54) is 30.1 Å². The minimum Gasteiger partial charge on any atom is -0.303 e. The van der Waals surface area contributed by atoms with Crippen molar-refractivity contribution in [3.8, 4) is 5.69 Å². The molecule has 106 valence electrons. The molecular formula is C13H10FN5OS. The Morgan fingerprint density at radius 2 is 2.38 bits per heavy atom. The van der Waals surface area contributed by atoms with Crippen molar-refractivity contribution in [2.45, 2.75) is 0 Å². The number of aromatic nitrogens is 2. The highest BCUT2D eigenvalue weighted by molar-refractivity contribution is 8.15. The molecule has 0 bridgehead atoms. The number of benzene rings is 1. The summed E-state index contributed by atoms with van der Waals surface area (Å²) in [6.45, 7) is 0. The number of amides is 1. The topological polar surface area (TPSA) is 71.6 Å². The van der Waals surface area contributed by atoms with E-state index >= 15 is 0 Å². The summed E-state index contributed by atoms with van der Waals surface area (Å²) < 4.78 is 15.0. The summed E-state index contributed by atoms with van der Waals surface area (Å²) in [5, 5.41) is 14.9. The fraction of sp³-hybridized carbons (Fsp3) is 0.0769. The van der Waals surface area contributed by atoms with E-state index < -0.39 is 0 Å². The second-order valence-electron chi connectivity index (χ2n) is 4.14. The maximum atomic E-state index is 13.4. The Labute approximate surface area is 123 Å². The molecular weight excluding hydrogens is 293 g/mol. The molecule has 0 aliphatic carbocycles. The van der Waals surface area contributed by atoms with Crippen molar-refractivity contribution >= 4 is 29.1 Å². The van der Waals surface area contributed by atoms with Crippen LogP contribution in [0.4, 0.5) is 4.39 Å². The van der Waals surface area contributed by atoms with Crippen LogP contribution in [0.15, 0.2) is 46.9 Å². The highest BCUT2D eigenvalue weighted by atomic mass is 32.2. The van der Waals surface area contributed by atoms with Gasteiger partial charge < -0.3 is 5.32 Å². The van der Waals surface area contributed by atoms with Gasteiger partial charge in [0.2, 0.25) is 5.91 Å². The van der Waals surface area contributed by atoms with E-state index in [2.05, 4.69) is 20.6 Å². The first-order valence-corrected chi connectivity index (χ1v) is 7.04. The number of nitrogens with one attached hydrogen (secondary N) is 1. The van der Waals surface area contributed by atoms with Crippen LogP contribution in [0.25, 0.3) is 5.69 Å². The highest BCUT2D eigenvalue weighted by Gasteiger charge is 2.16. The van der Waals surface area contributed by atoms with Crippen LogP contribution in [-0.2, 0) is 4.79 Å². The molecule has 1 N–H and O–H groups in total. The van der Waals surface area contributed by atoms with Crippen LogP contribution in [0.3, 0.4) is 0 Å². The lowest BCUT2D eigenvalue weighted by Crippen LogP contribution is -2.19. The molecule has 0 radical (unpaired) electrons. The Kier molecular flexibility index (Phi) is 3.78. The SMILES string of the molecule is O=C1CSC(=NN=Cc2cc(F)ccc2-n2cccn2)N1. The molecule has 0 atom stereocenters. The van der Waals surface area contributed by atoms with Gasteiger partial charge in [-0.15, -0.1) is 5.10 Å². The number of hydrogen-bond donors (Lipinski definition) is 1. The Morgan fingerprint density at radius 1 is 1.48 bits per heavy atom. The largest absolute Gasteiger partial charge is 0.303 e. The van der Waals surface area contributed by atoms with Crippen molar-refractivity contribution in [1.82, 2.24) is 15.1 Å².